The molecule has 1 atom stereocenters. The van der Waals surface area contributed by atoms with Crippen LogP contribution in [0.4, 0.5) is 10.1 Å². The molecule has 0 heterocycles. The molecule has 1 saturated carbocycles. The van der Waals surface area contributed by atoms with Gasteiger partial charge in [-0.25, -0.2) is 4.39 Å². The Labute approximate surface area is 107 Å². The number of halogens is 1. The van der Waals surface area contributed by atoms with E-state index < -0.39 is 0 Å². The van der Waals surface area contributed by atoms with Crippen molar-refractivity contribution in [1.29, 1.82) is 0 Å². The molecule has 98 valence electrons. The van der Waals surface area contributed by atoms with Gasteiger partial charge in [-0.2, -0.15) is 0 Å². The van der Waals surface area contributed by atoms with E-state index in [0.717, 1.165) is 18.5 Å². The van der Waals surface area contributed by atoms with Crippen LogP contribution in [-0.4, -0.2) is 18.0 Å². The summed E-state index contributed by atoms with van der Waals surface area (Å²) in [6.45, 7) is 1.81. The van der Waals surface area contributed by atoms with Crippen LogP contribution in [0.1, 0.15) is 32.6 Å². The molecular formula is C14H19FN2O. The van der Waals surface area contributed by atoms with Crippen LogP contribution in [0.25, 0.3) is 0 Å². The summed E-state index contributed by atoms with van der Waals surface area (Å²) in [5.74, 6) is -0.269. The predicted octanol–water partition coefficient (Wildman–Crippen LogP) is 2.68. The lowest BCUT2D eigenvalue weighted by atomic mass is 10.2. The van der Waals surface area contributed by atoms with E-state index in [1.807, 2.05) is 6.92 Å². The van der Waals surface area contributed by atoms with Crippen LogP contribution in [0, 0.1) is 5.82 Å². The Kier molecular flexibility index (Phi) is 4.18. The number of hydrogen-bond acceptors (Lipinski definition) is 2. The zero-order chi connectivity index (χ0) is 13.0. The summed E-state index contributed by atoms with van der Waals surface area (Å²) in [5, 5.41) is 6.10. The summed E-state index contributed by atoms with van der Waals surface area (Å²) in [7, 11) is 0. The van der Waals surface area contributed by atoms with Gasteiger partial charge < -0.3 is 10.6 Å². The summed E-state index contributed by atoms with van der Waals surface area (Å²) in [5.41, 5.74) is 0.755. The molecule has 1 aliphatic rings. The van der Waals surface area contributed by atoms with Crippen molar-refractivity contribution in [1.82, 2.24) is 5.32 Å². The molecule has 0 aliphatic heterocycles. The average molecular weight is 250 g/mol. The van der Waals surface area contributed by atoms with Crippen LogP contribution in [0.3, 0.4) is 0 Å². The topological polar surface area (TPSA) is 41.1 Å². The van der Waals surface area contributed by atoms with Gasteiger partial charge in [-0.15, -0.1) is 0 Å². The lowest BCUT2D eigenvalue weighted by Gasteiger charge is -2.18. The van der Waals surface area contributed by atoms with Gasteiger partial charge in [-0.05, 0) is 44.0 Å². The SMILES string of the molecule is C[C@@H](Nc1ccc(F)cc1)C(=O)NC1CCCC1. The Morgan fingerprint density at radius 1 is 1.28 bits per heavy atom. The van der Waals surface area contributed by atoms with E-state index in [9.17, 15) is 9.18 Å². The molecule has 0 bridgehead atoms. The number of amides is 1. The van der Waals surface area contributed by atoms with Crippen LogP contribution >= 0.6 is 0 Å². The molecular weight excluding hydrogens is 231 g/mol. The minimum atomic E-state index is -0.309. The van der Waals surface area contributed by atoms with Crippen LogP contribution in [-0.2, 0) is 4.79 Å². The van der Waals surface area contributed by atoms with Crippen molar-refractivity contribution in [3.8, 4) is 0 Å². The Hall–Kier alpha value is -1.58. The van der Waals surface area contributed by atoms with Gasteiger partial charge in [0.15, 0.2) is 0 Å². The zero-order valence-corrected chi connectivity index (χ0v) is 10.6. The smallest absolute Gasteiger partial charge is 0.242 e. The van der Waals surface area contributed by atoms with Crippen LogP contribution < -0.4 is 10.6 Å². The highest BCUT2D eigenvalue weighted by atomic mass is 19.1. The molecule has 0 unspecified atom stereocenters. The Bertz CT molecular complexity index is 399. The molecule has 2 N–H and O–H groups in total. The number of benzene rings is 1. The monoisotopic (exact) mass is 250 g/mol. The van der Waals surface area contributed by atoms with Crippen LogP contribution in [0.2, 0.25) is 0 Å². The van der Waals surface area contributed by atoms with Crippen molar-refractivity contribution < 1.29 is 9.18 Å². The van der Waals surface area contributed by atoms with Crippen molar-refractivity contribution in [2.75, 3.05) is 5.32 Å². The summed E-state index contributed by atoms with van der Waals surface area (Å²) >= 11 is 0. The number of nitrogens with one attached hydrogen (secondary N) is 2. The highest BCUT2D eigenvalue weighted by Crippen LogP contribution is 2.18. The molecule has 1 amide bonds. The molecule has 0 saturated heterocycles. The van der Waals surface area contributed by atoms with Gasteiger partial charge in [0.1, 0.15) is 11.9 Å². The maximum absolute atomic E-state index is 12.7. The molecule has 0 aromatic heterocycles. The summed E-state index contributed by atoms with van der Waals surface area (Å²) in [6, 6.07) is 6.04. The normalized spacial score (nSPS) is 17.4. The highest BCUT2D eigenvalue weighted by molar-refractivity contribution is 5.84. The molecule has 1 aromatic carbocycles. The average Bonchev–Trinajstić information content (AvgIpc) is 2.85. The number of carbonyl (C=O) groups excluding carboxylic acids is 1. The van der Waals surface area contributed by atoms with Crippen LogP contribution in [0.15, 0.2) is 24.3 Å². The summed E-state index contributed by atoms with van der Waals surface area (Å²) in [6.07, 6.45) is 4.56. The molecule has 0 radical (unpaired) electrons. The maximum atomic E-state index is 12.7. The van der Waals surface area contributed by atoms with E-state index in [0.29, 0.717) is 6.04 Å². The van der Waals surface area contributed by atoms with Crippen molar-refractivity contribution >= 4 is 11.6 Å². The Morgan fingerprint density at radius 2 is 1.89 bits per heavy atom. The van der Waals surface area contributed by atoms with Crippen molar-refractivity contribution in [3.63, 3.8) is 0 Å². The molecule has 1 aromatic rings. The molecule has 1 fully saturated rings. The van der Waals surface area contributed by atoms with Gasteiger partial charge in [-0.1, -0.05) is 12.8 Å². The standard InChI is InChI=1S/C14H19FN2O/c1-10(14(18)17-12-4-2-3-5-12)16-13-8-6-11(15)7-9-13/h6-10,12,16H,2-5H2,1H3,(H,17,18)/t10-/m1/s1. The van der Waals surface area contributed by atoms with E-state index in [-0.39, 0.29) is 17.8 Å². The lowest BCUT2D eigenvalue weighted by Crippen LogP contribution is -2.42. The molecule has 2 rings (SSSR count). The summed E-state index contributed by atoms with van der Waals surface area (Å²) < 4.78 is 12.7. The fourth-order valence-electron chi connectivity index (χ4n) is 2.26. The third-order valence-electron chi connectivity index (χ3n) is 3.32. The van der Waals surface area contributed by atoms with Crippen LogP contribution in [0.5, 0.6) is 0 Å². The highest BCUT2D eigenvalue weighted by Gasteiger charge is 2.20. The number of rotatable bonds is 4. The fraction of sp³-hybridized carbons (Fsp3) is 0.500. The van der Waals surface area contributed by atoms with E-state index >= 15 is 0 Å². The second-order valence-corrected chi connectivity index (χ2v) is 4.86. The molecule has 18 heavy (non-hydrogen) atoms. The second kappa shape index (κ2) is 5.85. The maximum Gasteiger partial charge on any atom is 0.242 e. The van der Waals surface area contributed by atoms with Crippen molar-refractivity contribution in [3.05, 3.63) is 30.1 Å². The first-order valence-electron chi connectivity index (χ1n) is 6.47. The molecule has 1 aliphatic carbocycles. The lowest BCUT2D eigenvalue weighted by molar-refractivity contribution is -0.122. The first-order valence-corrected chi connectivity index (χ1v) is 6.47. The van der Waals surface area contributed by atoms with Gasteiger partial charge in [0, 0.05) is 11.7 Å². The van der Waals surface area contributed by atoms with E-state index in [4.69, 9.17) is 0 Å². The largest absolute Gasteiger partial charge is 0.374 e. The first kappa shape index (κ1) is 12.9. The minimum Gasteiger partial charge on any atom is -0.374 e. The van der Waals surface area contributed by atoms with Gasteiger partial charge in [0.2, 0.25) is 5.91 Å². The zero-order valence-electron chi connectivity index (χ0n) is 10.6. The predicted molar refractivity (Wildman–Crippen MR) is 69.9 cm³/mol. The summed E-state index contributed by atoms with van der Waals surface area (Å²) in [4.78, 5) is 11.9. The van der Waals surface area contributed by atoms with E-state index in [2.05, 4.69) is 10.6 Å². The minimum absolute atomic E-state index is 0.00576. The van der Waals surface area contributed by atoms with E-state index in [1.54, 1.807) is 12.1 Å². The van der Waals surface area contributed by atoms with Crippen molar-refractivity contribution in [2.24, 2.45) is 0 Å². The third-order valence-corrected chi connectivity index (χ3v) is 3.32. The van der Waals surface area contributed by atoms with Crippen molar-refractivity contribution in [2.45, 2.75) is 44.7 Å². The van der Waals surface area contributed by atoms with Gasteiger partial charge in [-0.3, -0.25) is 4.79 Å². The molecule has 3 nitrogen and oxygen atoms in total. The Morgan fingerprint density at radius 3 is 2.50 bits per heavy atom. The quantitative estimate of drug-likeness (QED) is 0.862. The third kappa shape index (κ3) is 3.45. The molecule has 4 heteroatoms. The van der Waals surface area contributed by atoms with Gasteiger partial charge >= 0.3 is 0 Å². The fourth-order valence-corrected chi connectivity index (χ4v) is 2.26. The molecule has 0 spiro atoms. The van der Waals surface area contributed by atoms with Gasteiger partial charge in [0.05, 0.1) is 0 Å². The Balaban J connectivity index is 1.84. The number of hydrogen-bond donors (Lipinski definition) is 2. The first-order chi connectivity index (χ1) is 8.65. The second-order valence-electron chi connectivity index (χ2n) is 4.86. The number of carbonyl (C=O) groups is 1. The van der Waals surface area contributed by atoms with E-state index in [1.165, 1.54) is 25.0 Å². The number of anilines is 1. The van der Waals surface area contributed by atoms with Gasteiger partial charge in [0.25, 0.3) is 0 Å².